The highest BCUT2D eigenvalue weighted by Crippen LogP contribution is 2.19. The Balaban J connectivity index is 2.20. The number of nitrogens with one attached hydrogen (secondary N) is 2. The highest BCUT2D eigenvalue weighted by molar-refractivity contribution is 6.08. The molecular weight excluding hydrogens is 250 g/mol. The normalized spacial score (nSPS) is 12.3. The fraction of sp³-hybridized carbons (Fsp3) is 0.250. The van der Waals surface area contributed by atoms with E-state index in [1.165, 1.54) is 7.05 Å². The Kier molecular flexibility index (Phi) is 3.48. The first kappa shape index (κ1) is 13.0. The predicted molar refractivity (Wildman–Crippen MR) is 67.9 cm³/mol. The minimum absolute atomic E-state index is 0.465. The van der Waals surface area contributed by atoms with Gasteiger partial charge >= 0.3 is 5.97 Å². The molecule has 7 nitrogen and oxygen atoms in total. The molecule has 7 heteroatoms. The molecule has 2 rings (SSSR count). The van der Waals surface area contributed by atoms with Gasteiger partial charge in [0, 0.05) is 12.6 Å². The zero-order valence-corrected chi connectivity index (χ0v) is 10.4. The van der Waals surface area contributed by atoms with E-state index in [1.807, 2.05) is 0 Å². The number of aryl methyl sites for hydroxylation is 1. The second kappa shape index (κ2) is 5.07. The highest BCUT2D eigenvalue weighted by atomic mass is 16.4. The molecule has 0 bridgehead atoms. The summed E-state index contributed by atoms with van der Waals surface area (Å²) in [5.74, 6) is -1.36. The number of amides is 1. The first-order valence-electron chi connectivity index (χ1n) is 5.59. The van der Waals surface area contributed by atoms with Crippen LogP contribution in [0.4, 0.5) is 5.69 Å². The molecule has 0 aliphatic heterocycles. The number of fused-ring (bicyclic) bond motifs is 1. The number of benzene rings is 1. The topological polar surface area (TPSA) is 104 Å². The molecule has 100 valence electrons. The summed E-state index contributed by atoms with van der Waals surface area (Å²) in [6.45, 7) is 1.72. The third-order valence-corrected chi connectivity index (χ3v) is 2.56. The van der Waals surface area contributed by atoms with Crippen molar-refractivity contribution in [2.45, 2.75) is 13.0 Å². The number of carboxylic acid groups (broad SMARTS) is 1. The molecule has 1 heterocycles. The van der Waals surface area contributed by atoms with Gasteiger partial charge in [-0.2, -0.15) is 0 Å². The van der Waals surface area contributed by atoms with Crippen LogP contribution in [0.25, 0.3) is 11.1 Å². The number of carboxylic acids is 1. The number of hydrogen-bond acceptors (Lipinski definition) is 5. The van der Waals surface area contributed by atoms with Crippen LogP contribution in [-0.2, 0) is 9.59 Å². The number of hydrogen-bond donors (Lipinski definition) is 3. The zero-order valence-electron chi connectivity index (χ0n) is 10.4. The molecule has 1 amide bonds. The molecule has 19 heavy (non-hydrogen) atoms. The van der Waals surface area contributed by atoms with Crippen LogP contribution in [0, 0.1) is 6.92 Å². The number of aromatic nitrogens is 1. The van der Waals surface area contributed by atoms with Crippen LogP contribution in [0.15, 0.2) is 22.6 Å². The molecule has 0 spiro atoms. The van der Waals surface area contributed by atoms with E-state index in [1.54, 1.807) is 25.1 Å². The Hall–Kier alpha value is -2.41. The Bertz CT molecular complexity index is 635. The maximum atomic E-state index is 11.7. The van der Waals surface area contributed by atoms with Crippen LogP contribution in [0.2, 0.25) is 0 Å². The summed E-state index contributed by atoms with van der Waals surface area (Å²) in [5.41, 5.74) is 1.68. The molecule has 0 saturated heterocycles. The third kappa shape index (κ3) is 2.71. The summed E-state index contributed by atoms with van der Waals surface area (Å²) >= 11 is 0. The third-order valence-electron chi connectivity index (χ3n) is 2.56. The van der Waals surface area contributed by atoms with E-state index in [9.17, 15) is 9.59 Å². The molecule has 0 saturated carbocycles. The number of rotatable bonds is 4. The van der Waals surface area contributed by atoms with Crippen LogP contribution in [0.5, 0.6) is 0 Å². The lowest BCUT2D eigenvalue weighted by atomic mass is 10.2. The van der Waals surface area contributed by atoms with Crippen molar-refractivity contribution >= 4 is 28.7 Å². The van der Waals surface area contributed by atoms with Gasteiger partial charge in [-0.25, -0.2) is 9.78 Å². The van der Waals surface area contributed by atoms with Crippen LogP contribution in [0.3, 0.4) is 0 Å². The summed E-state index contributed by atoms with van der Waals surface area (Å²) in [6.07, 6.45) is 0. The van der Waals surface area contributed by atoms with Crippen LogP contribution >= 0.6 is 0 Å². The minimum atomic E-state index is -1.30. The van der Waals surface area contributed by atoms with E-state index in [0.29, 0.717) is 22.7 Å². The summed E-state index contributed by atoms with van der Waals surface area (Å²) in [5, 5.41) is 13.8. The number of anilines is 1. The van der Waals surface area contributed by atoms with Crippen molar-refractivity contribution in [2.24, 2.45) is 0 Å². The number of oxazole rings is 1. The second-order valence-electron chi connectivity index (χ2n) is 3.96. The van der Waals surface area contributed by atoms with Crippen molar-refractivity contribution in [1.82, 2.24) is 10.3 Å². The summed E-state index contributed by atoms with van der Waals surface area (Å²) in [6, 6.07) is 3.62. The van der Waals surface area contributed by atoms with Gasteiger partial charge in [-0.1, -0.05) is 0 Å². The van der Waals surface area contributed by atoms with Gasteiger partial charge < -0.3 is 14.8 Å². The number of nitrogens with zero attached hydrogens (tertiary/aromatic N) is 1. The van der Waals surface area contributed by atoms with E-state index in [2.05, 4.69) is 15.6 Å². The Morgan fingerprint density at radius 1 is 1.42 bits per heavy atom. The molecule has 0 aliphatic rings. The Morgan fingerprint density at radius 3 is 2.79 bits per heavy atom. The number of carbonyl (C=O) groups is 2. The summed E-state index contributed by atoms with van der Waals surface area (Å²) in [7, 11) is 1.41. The predicted octanol–water partition coefficient (Wildman–Crippen LogP) is 0.747. The van der Waals surface area contributed by atoms with Gasteiger partial charge in [0.15, 0.2) is 17.5 Å². The fourth-order valence-electron chi connectivity index (χ4n) is 1.70. The monoisotopic (exact) mass is 263 g/mol. The molecule has 1 unspecified atom stereocenters. The van der Waals surface area contributed by atoms with Crippen molar-refractivity contribution in [3.63, 3.8) is 0 Å². The van der Waals surface area contributed by atoms with Crippen molar-refractivity contribution in [1.29, 1.82) is 0 Å². The standard InChI is InChI=1S/C12H13N3O4/c1-6-14-8-5-7(3-4-9(8)19-6)15-11(16)10(13-2)12(17)18/h3-5,10,13H,1-2H3,(H,15,16)(H,17,18). The van der Waals surface area contributed by atoms with Gasteiger partial charge in [0.05, 0.1) is 0 Å². The first-order chi connectivity index (χ1) is 9.01. The summed E-state index contributed by atoms with van der Waals surface area (Å²) in [4.78, 5) is 26.7. The van der Waals surface area contributed by atoms with Crippen molar-refractivity contribution in [3.05, 3.63) is 24.1 Å². The largest absolute Gasteiger partial charge is 0.480 e. The fourth-order valence-corrected chi connectivity index (χ4v) is 1.70. The molecule has 0 aliphatic carbocycles. The first-order valence-corrected chi connectivity index (χ1v) is 5.59. The maximum Gasteiger partial charge on any atom is 0.330 e. The molecular formula is C12H13N3O4. The van der Waals surface area contributed by atoms with Crippen molar-refractivity contribution < 1.29 is 19.1 Å². The average Bonchev–Trinajstić information content (AvgIpc) is 2.68. The van der Waals surface area contributed by atoms with Gasteiger partial charge in [0.25, 0.3) is 5.91 Å². The Labute approximate surface area is 108 Å². The zero-order chi connectivity index (χ0) is 14.0. The lowest BCUT2D eigenvalue weighted by molar-refractivity contribution is -0.142. The van der Waals surface area contributed by atoms with Gasteiger partial charge in [-0.3, -0.25) is 10.1 Å². The van der Waals surface area contributed by atoms with E-state index in [0.717, 1.165) is 0 Å². The van der Waals surface area contributed by atoms with E-state index < -0.39 is 17.9 Å². The van der Waals surface area contributed by atoms with Gasteiger partial charge in [-0.15, -0.1) is 0 Å². The van der Waals surface area contributed by atoms with Crippen LogP contribution in [0.1, 0.15) is 5.89 Å². The number of aliphatic carboxylic acids is 1. The Morgan fingerprint density at radius 2 is 2.16 bits per heavy atom. The highest BCUT2D eigenvalue weighted by Gasteiger charge is 2.24. The molecule has 2 aromatic rings. The van der Waals surface area contributed by atoms with Crippen LogP contribution < -0.4 is 10.6 Å². The second-order valence-corrected chi connectivity index (χ2v) is 3.96. The van der Waals surface area contributed by atoms with Crippen molar-refractivity contribution in [2.75, 3.05) is 12.4 Å². The average molecular weight is 263 g/mol. The van der Waals surface area contributed by atoms with Gasteiger partial charge in [-0.05, 0) is 25.2 Å². The van der Waals surface area contributed by atoms with E-state index in [-0.39, 0.29) is 0 Å². The lowest BCUT2D eigenvalue weighted by Crippen LogP contribution is -2.44. The van der Waals surface area contributed by atoms with Crippen LogP contribution in [-0.4, -0.2) is 35.1 Å². The van der Waals surface area contributed by atoms with Crippen molar-refractivity contribution in [3.8, 4) is 0 Å². The molecule has 0 radical (unpaired) electrons. The molecule has 1 aromatic carbocycles. The number of likely N-dealkylation sites (N-methyl/N-ethyl adjacent to an activating group) is 1. The lowest BCUT2D eigenvalue weighted by Gasteiger charge is -2.11. The SMILES string of the molecule is CNC(C(=O)O)C(=O)Nc1ccc2oc(C)nc2c1. The van der Waals surface area contributed by atoms with Gasteiger partial charge in [0.1, 0.15) is 5.52 Å². The van der Waals surface area contributed by atoms with E-state index in [4.69, 9.17) is 9.52 Å². The molecule has 3 N–H and O–H groups in total. The van der Waals surface area contributed by atoms with Gasteiger partial charge in [0.2, 0.25) is 0 Å². The molecule has 1 atom stereocenters. The molecule has 1 aromatic heterocycles. The maximum absolute atomic E-state index is 11.7. The van der Waals surface area contributed by atoms with E-state index >= 15 is 0 Å². The smallest absolute Gasteiger partial charge is 0.330 e. The molecule has 0 fully saturated rings. The quantitative estimate of drug-likeness (QED) is 0.703. The number of carbonyl (C=O) groups excluding carboxylic acids is 1. The minimum Gasteiger partial charge on any atom is -0.480 e. The summed E-state index contributed by atoms with van der Waals surface area (Å²) < 4.78 is 5.30.